The molecule has 1 aliphatic carbocycles. The number of aryl methyl sites for hydroxylation is 1. The van der Waals surface area contributed by atoms with Crippen molar-refractivity contribution >= 4 is 33.5 Å². The lowest BCUT2D eigenvalue weighted by atomic mass is 9.89. The Morgan fingerprint density at radius 3 is 2.77 bits per heavy atom. The zero-order chi connectivity index (χ0) is 20.8. The topological polar surface area (TPSA) is 87.5 Å². The lowest BCUT2D eigenvalue weighted by Crippen LogP contribution is -2.45. The van der Waals surface area contributed by atoms with E-state index < -0.39 is 0 Å². The quantitative estimate of drug-likeness (QED) is 0.806. The summed E-state index contributed by atoms with van der Waals surface area (Å²) in [5.74, 6) is 0.647. The van der Waals surface area contributed by atoms with Crippen LogP contribution in [0.15, 0.2) is 11.1 Å². The number of rotatable bonds is 3. The Kier molecular flexibility index (Phi) is 5.00. The summed E-state index contributed by atoms with van der Waals surface area (Å²) < 4.78 is 1.79. The normalized spacial score (nSPS) is 22.4. The number of nitrogens with one attached hydrogen (secondary N) is 1. The third-order valence-electron chi connectivity index (χ3n) is 6.72. The molecular formula is C21H27N5O3S. The Labute approximate surface area is 178 Å². The maximum absolute atomic E-state index is 13.3. The van der Waals surface area contributed by atoms with Gasteiger partial charge in [-0.15, -0.1) is 11.3 Å². The Balaban J connectivity index is 1.30. The van der Waals surface area contributed by atoms with Gasteiger partial charge in [-0.1, -0.05) is 6.92 Å². The number of nitrogens with zero attached hydrogens (tertiary/aromatic N) is 4. The van der Waals surface area contributed by atoms with Crippen LogP contribution < -0.4 is 10.9 Å². The number of thiophene rings is 1. The van der Waals surface area contributed by atoms with Crippen molar-refractivity contribution in [1.82, 2.24) is 24.7 Å². The third-order valence-corrected chi connectivity index (χ3v) is 7.89. The fourth-order valence-corrected chi connectivity index (χ4v) is 6.26. The SMILES string of the molecule is C[C@H]1CCc2c(sc3ncn(C4CCN(C(=O)CN5CCNC5=O)CC4)c(=O)c23)C1. The van der Waals surface area contributed by atoms with E-state index in [1.165, 1.54) is 10.4 Å². The van der Waals surface area contributed by atoms with Gasteiger partial charge in [0, 0.05) is 37.1 Å². The maximum atomic E-state index is 13.3. The molecule has 2 fully saturated rings. The fourth-order valence-electron chi connectivity index (χ4n) is 4.92. The molecule has 0 saturated carbocycles. The molecule has 0 bridgehead atoms. The van der Waals surface area contributed by atoms with Gasteiger partial charge in [-0.2, -0.15) is 0 Å². The minimum atomic E-state index is -0.169. The molecule has 1 atom stereocenters. The number of hydrogen-bond acceptors (Lipinski definition) is 5. The summed E-state index contributed by atoms with van der Waals surface area (Å²) in [4.78, 5) is 47.7. The number of likely N-dealkylation sites (tertiary alicyclic amines) is 1. The van der Waals surface area contributed by atoms with E-state index in [9.17, 15) is 14.4 Å². The molecule has 2 saturated heterocycles. The number of urea groups is 1. The highest BCUT2D eigenvalue weighted by molar-refractivity contribution is 7.18. The minimum Gasteiger partial charge on any atom is -0.341 e. The van der Waals surface area contributed by atoms with Gasteiger partial charge in [0.25, 0.3) is 5.56 Å². The van der Waals surface area contributed by atoms with Crippen LogP contribution in [-0.4, -0.2) is 64.0 Å². The lowest BCUT2D eigenvalue weighted by Gasteiger charge is -2.33. The van der Waals surface area contributed by atoms with Crippen LogP contribution in [0.2, 0.25) is 0 Å². The van der Waals surface area contributed by atoms with Gasteiger partial charge in [-0.25, -0.2) is 9.78 Å². The van der Waals surface area contributed by atoms with Gasteiger partial charge in [0.05, 0.1) is 11.7 Å². The number of hydrogen-bond donors (Lipinski definition) is 1. The minimum absolute atomic E-state index is 0.0209. The summed E-state index contributed by atoms with van der Waals surface area (Å²) in [5.41, 5.74) is 1.29. The molecule has 0 aromatic carbocycles. The molecule has 3 aliphatic rings. The smallest absolute Gasteiger partial charge is 0.317 e. The second-order valence-corrected chi connectivity index (χ2v) is 9.84. The summed E-state index contributed by atoms with van der Waals surface area (Å²) in [6.07, 6.45) is 6.30. The van der Waals surface area contributed by atoms with Crippen molar-refractivity contribution in [1.29, 1.82) is 0 Å². The van der Waals surface area contributed by atoms with Gasteiger partial charge >= 0.3 is 6.03 Å². The Morgan fingerprint density at radius 2 is 2.03 bits per heavy atom. The molecule has 30 heavy (non-hydrogen) atoms. The number of fused-ring (bicyclic) bond motifs is 3. The number of carbonyl (C=O) groups excluding carboxylic acids is 2. The van der Waals surface area contributed by atoms with E-state index in [2.05, 4.69) is 17.2 Å². The molecule has 0 spiro atoms. The average Bonchev–Trinajstić information content (AvgIpc) is 3.31. The molecule has 2 aliphatic heterocycles. The average molecular weight is 430 g/mol. The zero-order valence-electron chi connectivity index (χ0n) is 17.2. The predicted molar refractivity (Wildman–Crippen MR) is 115 cm³/mol. The van der Waals surface area contributed by atoms with E-state index in [4.69, 9.17) is 0 Å². The Bertz CT molecular complexity index is 1050. The van der Waals surface area contributed by atoms with Gasteiger partial charge in [0.15, 0.2) is 0 Å². The highest BCUT2D eigenvalue weighted by Gasteiger charge is 2.29. The Hall–Kier alpha value is -2.42. The molecule has 0 unspecified atom stereocenters. The van der Waals surface area contributed by atoms with E-state index >= 15 is 0 Å². The second-order valence-electron chi connectivity index (χ2n) is 8.75. The molecule has 8 nitrogen and oxygen atoms in total. The maximum Gasteiger partial charge on any atom is 0.317 e. The molecule has 0 radical (unpaired) electrons. The van der Waals surface area contributed by atoms with Gasteiger partial charge in [0.1, 0.15) is 11.4 Å². The molecule has 9 heteroatoms. The zero-order valence-corrected chi connectivity index (χ0v) is 18.0. The summed E-state index contributed by atoms with van der Waals surface area (Å²) in [7, 11) is 0. The van der Waals surface area contributed by atoms with Gasteiger partial charge in [-0.05, 0) is 43.6 Å². The number of carbonyl (C=O) groups is 2. The van der Waals surface area contributed by atoms with Gasteiger partial charge in [0.2, 0.25) is 5.91 Å². The van der Waals surface area contributed by atoms with Crippen LogP contribution in [0.4, 0.5) is 4.79 Å². The fraction of sp³-hybridized carbons (Fsp3) is 0.619. The van der Waals surface area contributed by atoms with Crippen molar-refractivity contribution in [3.05, 3.63) is 27.1 Å². The molecule has 4 heterocycles. The van der Waals surface area contributed by atoms with Crippen LogP contribution in [0, 0.1) is 5.92 Å². The second kappa shape index (κ2) is 7.68. The van der Waals surface area contributed by atoms with Crippen LogP contribution >= 0.6 is 11.3 Å². The molecule has 160 valence electrons. The van der Waals surface area contributed by atoms with Crippen LogP contribution in [-0.2, 0) is 17.6 Å². The standard InChI is InChI=1S/C21H27N5O3S/c1-13-2-3-15-16(10-13)30-19-18(15)20(28)26(12-23-19)14-4-7-24(8-5-14)17(27)11-25-9-6-22-21(25)29/h12-14H,2-11H2,1H3,(H,22,29)/t13-/m0/s1. The van der Waals surface area contributed by atoms with Crippen molar-refractivity contribution in [3.63, 3.8) is 0 Å². The monoisotopic (exact) mass is 429 g/mol. The summed E-state index contributed by atoms with van der Waals surface area (Å²) in [6, 6.07) is -0.107. The van der Waals surface area contributed by atoms with E-state index in [-0.39, 0.29) is 30.1 Å². The third kappa shape index (κ3) is 3.38. The van der Waals surface area contributed by atoms with E-state index in [1.54, 1.807) is 27.1 Å². The molecule has 5 rings (SSSR count). The largest absolute Gasteiger partial charge is 0.341 e. The highest BCUT2D eigenvalue weighted by atomic mass is 32.1. The summed E-state index contributed by atoms with van der Waals surface area (Å²) >= 11 is 1.68. The van der Waals surface area contributed by atoms with E-state index in [1.807, 2.05) is 4.90 Å². The molecular weight excluding hydrogens is 402 g/mol. The van der Waals surface area contributed by atoms with Crippen molar-refractivity contribution in [2.75, 3.05) is 32.7 Å². The first-order valence-electron chi connectivity index (χ1n) is 10.8. The van der Waals surface area contributed by atoms with Crippen LogP contribution in [0.1, 0.15) is 42.7 Å². The summed E-state index contributed by atoms with van der Waals surface area (Å²) in [6.45, 7) is 4.77. The highest BCUT2D eigenvalue weighted by Crippen LogP contribution is 2.36. The lowest BCUT2D eigenvalue weighted by molar-refractivity contribution is -0.132. The Morgan fingerprint density at radius 1 is 1.23 bits per heavy atom. The molecule has 2 aromatic heterocycles. The van der Waals surface area contributed by atoms with Gasteiger partial charge < -0.3 is 15.1 Å². The number of aromatic nitrogens is 2. The van der Waals surface area contributed by atoms with E-state index in [0.717, 1.165) is 42.3 Å². The van der Waals surface area contributed by atoms with Crippen LogP contribution in [0.5, 0.6) is 0 Å². The van der Waals surface area contributed by atoms with Crippen molar-refractivity contribution in [2.24, 2.45) is 5.92 Å². The van der Waals surface area contributed by atoms with Gasteiger partial charge in [-0.3, -0.25) is 14.2 Å². The molecule has 3 amide bonds. The predicted octanol–water partition coefficient (Wildman–Crippen LogP) is 1.77. The first-order chi connectivity index (χ1) is 14.5. The van der Waals surface area contributed by atoms with Crippen LogP contribution in [0.3, 0.4) is 0 Å². The molecule has 1 N–H and O–H groups in total. The van der Waals surface area contributed by atoms with E-state index in [0.29, 0.717) is 32.1 Å². The van der Waals surface area contributed by atoms with Crippen molar-refractivity contribution in [2.45, 2.75) is 45.1 Å². The van der Waals surface area contributed by atoms with Crippen LogP contribution in [0.25, 0.3) is 10.2 Å². The van der Waals surface area contributed by atoms with Crippen molar-refractivity contribution < 1.29 is 9.59 Å². The first kappa shape index (κ1) is 19.5. The first-order valence-corrected chi connectivity index (χ1v) is 11.6. The number of piperidine rings is 1. The molecule has 2 aromatic rings. The van der Waals surface area contributed by atoms with Crippen molar-refractivity contribution in [3.8, 4) is 0 Å². The number of amides is 3. The summed E-state index contributed by atoms with van der Waals surface area (Å²) in [5, 5.41) is 3.54.